The monoisotopic (exact) mass is 198 g/mol. The van der Waals surface area contributed by atoms with Crippen LogP contribution >= 0.6 is 0 Å². The van der Waals surface area contributed by atoms with Gasteiger partial charge in [-0.1, -0.05) is 5.21 Å². The highest BCUT2D eigenvalue weighted by Gasteiger charge is 2.16. The summed E-state index contributed by atoms with van der Waals surface area (Å²) < 4.78 is 7.02. The second-order valence-electron chi connectivity index (χ2n) is 3.49. The predicted octanol–water partition coefficient (Wildman–Crippen LogP) is 0.766. The third-order valence-electron chi connectivity index (χ3n) is 2.13. The molecule has 0 amide bonds. The van der Waals surface area contributed by atoms with Crippen molar-refractivity contribution in [1.82, 2.24) is 20.3 Å². The molecule has 1 N–H and O–H groups in total. The second-order valence-corrected chi connectivity index (χ2v) is 3.49. The Kier molecular flexibility index (Phi) is 4.03. The number of ether oxygens (including phenoxy) is 1. The van der Waals surface area contributed by atoms with Crippen molar-refractivity contribution >= 4 is 0 Å². The van der Waals surface area contributed by atoms with Crippen LogP contribution in [0.25, 0.3) is 0 Å². The van der Waals surface area contributed by atoms with E-state index in [0.29, 0.717) is 12.6 Å². The number of likely N-dealkylation sites (N-methyl/N-ethyl adjacent to an activating group) is 1. The first-order valence-corrected chi connectivity index (χ1v) is 4.77. The molecule has 0 fully saturated rings. The summed E-state index contributed by atoms with van der Waals surface area (Å²) in [6.45, 7) is 4.78. The molecule has 1 aromatic heterocycles. The van der Waals surface area contributed by atoms with Gasteiger partial charge in [-0.15, -0.1) is 5.10 Å². The topological polar surface area (TPSA) is 52.0 Å². The van der Waals surface area contributed by atoms with E-state index in [9.17, 15) is 0 Å². The van der Waals surface area contributed by atoms with Crippen LogP contribution in [-0.2, 0) is 4.74 Å². The molecule has 0 saturated heterocycles. The van der Waals surface area contributed by atoms with E-state index in [0.717, 1.165) is 5.69 Å². The van der Waals surface area contributed by atoms with Gasteiger partial charge in [0.15, 0.2) is 0 Å². The number of nitrogens with one attached hydrogen (secondary N) is 1. The van der Waals surface area contributed by atoms with Crippen LogP contribution in [0.5, 0.6) is 0 Å². The van der Waals surface area contributed by atoms with Gasteiger partial charge in [-0.2, -0.15) is 0 Å². The molecule has 5 nitrogen and oxygen atoms in total. The van der Waals surface area contributed by atoms with E-state index >= 15 is 0 Å². The maximum Gasteiger partial charge on any atom is 0.0783 e. The normalized spacial score (nSPS) is 13.5. The first-order chi connectivity index (χ1) is 6.70. The Bertz CT molecular complexity index is 272. The maximum absolute atomic E-state index is 5.12. The number of nitrogens with zero attached hydrogens (tertiary/aromatic N) is 3. The van der Waals surface area contributed by atoms with Crippen LogP contribution < -0.4 is 5.32 Å². The van der Waals surface area contributed by atoms with E-state index in [-0.39, 0.29) is 6.04 Å². The van der Waals surface area contributed by atoms with Crippen LogP contribution in [-0.4, -0.2) is 35.8 Å². The Labute approximate surface area is 84.4 Å². The molecule has 5 heteroatoms. The number of hydrogen-bond donors (Lipinski definition) is 1. The largest absolute Gasteiger partial charge is 0.383 e. The first-order valence-electron chi connectivity index (χ1n) is 4.77. The van der Waals surface area contributed by atoms with E-state index < -0.39 is 0 Å². The van der Waals surface area contributed by atoms with Crippen LogP contribution in [0.3, 0.4) is 0 Å². The predicted molar refractivity (Wildman–Crippen MR) is 54.1 cm³/mol. The SMILES string of the molecule is CNC(COC)c1cnnn1C(C)C. The molecule has 1 rings (SSSR count). The molecule has 1 unspecified atom stereocenters. The van der Waals surface area contributed by atoms with Crippen molar-refractivity contribution in [2.45, 2.75) is 25.9 Å². The van der Waals surface area contributed by atoms with Crippen molar-refractivity contribution in [3.05, 3.63) is 11.9 Å². The minimum atomic E-state index is 0.150. The quantitative estimate of drug-likeness (QED) is 0.759. The standard InChI is InChI=1S/C9H18N4O/c1-7(2)13-9(5-11-12-13)8(10-3)6-14-4/h5,7-8,10H,6H2,1-4H3. The van der Waals surface area contributed by atoms with Gasteiger partial charge in [0.1, 0.15) is 0 Å². The number of aromatic nitrogens is 3. The van der Waals surface area contributed by atoms with Crippen molar-refractivity contribution in [3.8, 4) is 0 Å². The lowest BCUT2D eigenvalue weighted by Gasteiger charge is -2.17. The fourth-order valence-electron chi connectivity index (χ4n) is 1.39. The Hall–Kier alpha value is -0.940. The zero-order valence-electron chi connectivity index (χ0n) is 9.19. The van der Waals surface area contributed by atoms with Gasteiger partial charge in [0.05, 0.1) is 24.5 Å². The van der Waals surface area contributed by atoms with Crippen molar-refractivity contribution in [1.29, 1.82) is 0 Å². The molecule has 0 aliphatic carbocycles. The van der Waals surface area contributed by atoms with Gasteiger partial charge >= 0.3 is 0 Å². The number of hydrogen-bond acceptors (Lipinski definition) is 4. The third kappa shape index (κ3) is 2.30. The van der Waals surface area contributed by atoms with Crippen molar-refractivity contribution in [3.63, 3.8) is 0 Å². The summed E-state index contributed by atoms with van der Waals surface area (Å²) in [5.74, 6) is 0. The van der Waals surface area contributed by atoms with Crippen molar-refractivity contribution < 1.29 is 4.74 Å². The summed E-state index contributed by atoms with van der Waals surface area (Å²) in [6, 6.07) is 0.470. The molecule has 1 heterocycles. The fourth-order valence-corrected chi connectivity index (χ4v) is 1.39. The van der Waals surface area contributed by atoms with E-state index in [2.05, 4.69) is 29.5 Å². The van der Waals surface area contributed by atoms with Crippen LogP contribution in [0.4, 0.5) is 0 Å². The lowest BCUT2D eigenvalue weighted by molar-refractivity contribution is 0.166. The van der Waals surface area contributed by atoms with E-state index in [4.69, 9.17) is 4.74 Å². The van der Waals surface area contributed by atoms with Crippen molar-refractivity contribution in [2.24, 2.45) is 0 Å². The Balaban J connectivity index is 2.86. The summed E-state index contributed by atoms with van der Waals surface area (Å²) in [5.41, 5.74) is 1.06. The highest BCUT2D eigenvalue weighted by Crippen LogP contribution is 2.14. The summed E-state index contributed by atoms with van der Waals surface area (Å²) in [7, 11) is 3.59. The highest BCUT2D eigenvalue weighted by atomic mass is 16.5. The van der Waals surface area contributed by atoms with Crippen LogP contribution in [0, 0.1) is 0 Å². The average molecular weight is 198 g/mol. The fraction of sp³-hybridized carbons (Fsp3) is 0.778. The van der Waals surface area contributed by atoms with Gasteiger partial charge < -0.3 is 10.1 Å². The van der Waals surface area contributed by atoms with E-state index in [1.807, 2.05) is 11.7 Å². The molecular formula is C9H18N4O. The second kappa shape index (κ2) is 5.07. The summed E-state index contributed by atoms with van der Waals surface area (Å²) in [6.07, 6.45) is 1.78. The lowest BCUT2D eigenvalue weighted by Crippen LogP contribution is -2.25. The van der Waals surface area contributed by atoms with Crippen molar-refractivity contribution in [2.75, 3.05) is 20.8 Å². The molecular weight excluding hydrogens is 180 g/mol. The molecule has 0 bridgehead atoms. The van der Waals surface area contributed by atoms with Gasteiger partial charge in [0.25, 0.3) is 0 Å². The molecule has 0 aromatic carbocycles. The third-order valence-corrected chi connectivity index (χ3v) is 2.13. The first kappa shape index (κ1) is 11.1. The Morgan fingerprint density at radius 2 is 2.29 bits per heavy atom. The van der Waals surface area contributed by atoms with Gasteiger partial charge in [-0.25, -0.2) is 4.68 Å². The molecule has 0 aliphatic rings. The van der Waals surface area contributed by atoms with Gasteiger partial charge in [0.2, 0.25) is 0 Å². The molecule has 0 saturated carbocycles. The van der Waals surface area contributed by atoms with Gasteiger partial charge in [-0.3, -0.25) is 0 Å². The zero-order valence-corrected chi connectivity index (χ0v) is 9.19. The minimum Gasteiger partial charge on any atom is -0.383 e. The van der Waals surface area contributed by atoms with Crippen LogP contribution in [0.15, 0.2) is 6.20 Å². The van der Waals surface area contributed by atoms with Gasteiger partial charge in [-0.05, 0) is 20.9 Å². The summed E-state index contributed by atoms with van der Waals surface area (Å²) >= 11 is 0. The lowest BCUT2D eigenvalue weighted by atomic mass is 10.2. The Morgan fingerprint density at radius 1 is 1.57 bits per heavy atom. The summed E-state index contributed by atoms with van der Waals surface area (Å²) in [4.78, 5) is 0. The average Bonchev–Trinajstić information content (AvgIpc) is 2.62. The molecule has 0 radical (unpaired) electrons. The summed E-state index contributed by atoms with van der Waals surface area (Å²) in [5, 5.41) is 11.1. The smallest absolute Gasteiger partial charge is 0.0783 e. The van der Waals surface area contributed by atoms with Crippen LogP contribution in [0.1, 0.15) is 31.6 Å². The van der Waals surface area contributed by atoms with Gasteiger partial charge in [0, 0.05) is 13.2 Å². The highest BCUT2D eigenvalue weighted by molar-refractivity contribution is 5.03. The zero-order chi connectivity index (χ0) is 10.6. The molecule has 1 aromatic rings. The molecule has 14 heavy (non-hydrogen) atoms. The Morgan fingerprint density at radius 3 is 2.79 bits per heavy atom. The number of methoxy groups -OCH3 is 1. The molecule has 80 valence electrons. The number of rotatable bonds is 5. The minimum absolute atomic E-state index is 0.150. The van der Waals surface area contributed by atoms with E-state index in [1.165, 1.54) is 0 Å². The van der Waals surface area contributed by atoms with Crippen LogP contribution in [0.2, 0.25) is 0 Å². The molecule has 0 aliphatic heterocycles. The molecule has 0 spiro atoms. The molecule has 1 atom stereocenters. The maximum atomic E-state index is 5.12. The van der Waals surface area contributed by atoms with E-state index in [1.54, 1.807) is 13.3 Å².